The standard InChI is InChI=1S/C25H18ClFN8O4/c26-15-1-4-21(34-12-29-32-33-34)18(8-15)14-7-13-5-6-25(38,22(13)35(39)11-14)23-28-10-20(31-23)17-3-2-16(9-19(17)27)30-24(36)37/h1-4,7-12,30,38H,5-6H2,(H,28,31)(H,36,37). The zero-order valence-corrected chi connectivity index (χ0v) is 20.6. The molecule has 4 N–H and O–H groups in total. The SMILES string of the molecule is O=C(O)Nc1ccc(-c2cnc(C3(O)CCc4cc(-c5cc(Cl)ccc5-n5cnnn5)c[n+]([O-])c43)[nH]2)c(F)c1. The largest absolute Gasteiger partial charge is 0.618 e. The number of nitrogens with one attached hydrogen (secondary N) is 2. The van der Waals surface area contributed by atoms with E-state index in [-0.39, 0.29) is 34.9 Å². The monoisotopic (exact) mass is 548 g/mol. The van der Waals surface area contributed by atoms with Crippen molar-refractivity contribution in [2.75, 3.05) is 5.32 Å². The third-order valence-electron chi connectivity index (χ3n) is 6.60. The van der Waals surface area contributed by atoms with Gasteiger partial charge in [0, 0.05) is 33.0 Å². The number of aryl methyl sites for hydroxylation is 1. The predicted octanol–water partition coefficient (Wildman–Crippen LogP) is 3.42. The van der Waals surface area contributed by atoms with Gasteiger partial charge in [0.15, 0.2) is 6.20 Å². The number of rotatable bonds is 5. The molecule has 1 aliphatic rings. The van der Waals surface area contributed by atoms with Crippen molar-refractivity contribution >= 4 is 23.4 Å². The van der Waals surface area contributed by atoms with E-state index in [2.05, 4.69) is 30.8 Å². The lowest BCUT2D eigenvalue weighted by atomic mass is 9.98. The van der Waals surface area contributed by atoms with E-state index in [4.69, 9.17) is 16.7 Å². The Kier molecular flexibility index (Phi) is 5.74. The van der Waals surface area contributed by atoms with Crippen LogP contribution in [0.2, 0.25) is 5.02 Å². The molecule has 0 bridgehead atoms. The Balaban J connectivity index is 1.37. The van der Waals surface area contributed by atoms with E-state index in [1.807, 2.05) is 0 Å². The molecule has 0 spiro atoms. The molecule has 1 atom stereocenters. The van der Waals surface area contributed by atoms with Gasteiger partial charge < -0.3 is 20.4 Å². The minimum atomic E-state index is -1.75. The fraction of sp³-hybridized carbons (Fsp3) is 0.120. The maximum absolute atomic E-state index is 14.7. The second kappa shape index (κ2) is 9.15. The summed E-state index contributed by atoms with van der Waals surface area (Å²) in [5, 5.41) is 47.6. The Hall–Kier alpha value is -4.88. The Bertz CT molecular complexity index is 1740. The molecular formula is C25H18ClFN8O4. The van der Waals surface area contributed by atoms with Crippen LogP contribution in [0, 0.1) is 11.0 Å². The normalized spacial score (nSPS) is 16.3. The molecule has 12 nitrogen and oxygen atoms in total. The van der Waals surface area contributed by atoms with E-state index in [9.17, 15) is 19.5 Å². The van der Waals surface area contributed by atoms with Crippen LogP contribution in [-0.4, -0.2) is 46.5 Å². The molecule has 196 valence electrons. The minimum Gasteiger partial charge on any atom is -0.618 e. The zero-order chi connectivity index (χ0) is 27.3. The summed E-state index contributed by atoms with van der Waals surface area (Å²) < 4.78 is 16.8. The lowest BCUT2D eigenvalue weighted by Gasteiger charge is -2.20. The fourth-order valence-corrected chi connectivity index (χ4v) is 5.06. The lowest BCUT2D eigenvalue weighted by Crippen LogP contribution is -2.42. The third-order valence-corrected chi connectivity index (χ3v) is 6.84. The van der Waals surface area contributed by atoms with Crippen molar-refractivity contribution in [3.8, 4) is 28.1 Å². The third kappa shape index (κ3) is 4.23. The Morgan fingerprint density at radius 2 is 2.08 bits per heavy atom. The van der Waals surface area contributed by atoms with Gasteiger partial charge >= 0.3 is 6.09 Å². The van der Waals surface area contributed by atoms with Crippen LogP contribution in [0.3, 0.4) is 0 Å². The number of carbonyl (C=O) groups is 1. The van der Waals surface area contributed by atoms with Crippen molar-refractivity contribution in [3.63, 3.8) is 0 Å². The highest BCUT2D eigenvalue weighted by atomic mass is 35.5. The topological polar surface area (TPSA) is 169 Å². The molecule has 1 unspecified atom stereocenters. The average molecular weight is 549 g/mol. The van der Waals surface area contributed by atoms with Crippen LogP contribution in [0.1, 0.15) is 23.5 Å². The summed E-state index contributed by atoms with van der Waals surface area (Å²) in [4.78, 5) is 18.0. The number of aromatic amines is 1. The van der Waals surface area contributed by atoms with Crippen molar-refractivity contribution in [2.24, 2.45) is 0 Å². The van der Waals surface area contributed by atoms with Gasteiger partial charge in [-0.25, -0.2) is 14.2 Å². The first-order chi connectivity index (χ1) is 18.7. The van der Waals surface area contributed by atoms with E-state index in [0.717, 1.165) is 6.07 Å². The number of aromatic nitrogens is 7. The number of halogens is 2. The number of hydrogen-bond donors (Lipinski definition) is 4. The van der Waals surface area contributed by atoms with Crippen molar-refractivity contribution in [1.82, 2.24) is 30.2 Å². The molecule has 6 rings (SSSR count). The molecule has 2 aromatic carbocycles. The summed E-state index contributed by atoms with van der Waals surface area (Å²) in [5.74, 6) is -0.614. The molecule has 0 radical (unpaired) electrons. The van der Waals surface area contributed by atoms with Crippen LogP contribution in [-0.2, 0) is 12.0 Å². The van der Waals surface area contributed by atoms with Crippen LogP contribution < -0.4 is 10.0 Å². The van der Waals surface area contributed by atoms with Gasteiger partial charge in [0.1, 0.15) is 18.0 Å². The smallest absolute Gasteiger partial charge is 0.409 e. The molecule has 1 amide bonds. The van der Waals surface area contributed by atoms with E-state index < -0.39 is 17.5 Å². The summed E-state index contributed by atoms with van der Waals surface area (Å²) in [7, 11) is 0. The quantitative estimate of drug-likeness (QED) is 0.191. The second-order valence-electron chi connectivity index (χ2n) is 8.97. The molecule has 14 heteroatoms. The first kappa shape index (κ1) is 24.5. The van der Waals surface area contributed by atoms with Gasteiger partial charge in [-0.2, -0.15) is 9.41 Å². The molecule has 3 aromatic heterocycles. The number of aliphatic hydroxyl groups is 1. The van der Waals surface area contributed by atoms with E-state index >= 15 is 0 Å². The highest BCUT2D eigenvalue weighted by molar-refractivity contribution is 6.31. The summed E-state index contributed by atoms with van der Waals surface area (Å²) in [6.45, 7) is 0. The average Bonchev–Trinajstić information content (AvgIpc) is 3.65. The number of pyridine rings is 1. The van der Waals surface area contributed by atoms with Gasteiger partial charge in [-0.1, -0.05) is 11.6 Å². The molecule has 0 saturated carbocycles. The van der Waals surface area contributed by atoms with E-state index in [1.54, 1.807) is 24.3 Å². The van der Waals surface area contributed by atoms with Crippen molar-refractivity contribution < 1.29 is 24.1 Å². The molecular weight excluding hydrogens is 531 g/mol. The minimum absolute atomic E-state index is 0.0676. The molecule has 5 aromatic rings. The number of imidazole rings is 1. The number of fused-ring (bicyclic) bond motifs is 1. The van der Waals surface area contributed by atoms with E-state index in [1.165, 1.54) is 35.5 Å². The summed E-state index contributed by atoms with van der Waals surface area (Å²) in [5.41, 5.74) is 1.20. The maximum atomic E-state index is 14.7. The number of tetrazole rings is 1. The number of nitrogens with zero attached hydrogens (tertiary/aromatic N) is 6. The highest BCUT2D eigenvalue weighted by Gasteiger charge is 2.48. The molecule has 39 heavy (non-hydrogen) atoms. The summed E-state index contributed by atoms with van der Waals surface area (Å²) >= 11 is 6.25. The lowest BCUT2D eigenvalue weighted by molar-refractivity contribution is -0.620. The van der Waals surface area contributed by atoms with Crippen LogP contribution in [0.15, 0.2) is 61.2 Å². The number of hydrogen-bond acceptors (Lipinski definition) is 7. The Morgan fingerprint density at radius 3 is 2.82 bits per heavy atom. The van der Waals surface area contributed by atoms with Crippen LogP contribution in [0.4, 0.5) is 14.9 Å². The van der Waals surface area contributed by atoms with Crippen LogP contribution >= 0.6 is 11.6 Å². The van der Waals surface area contributed by atoms with Gasteiger partial charge in [-0.15, -0.1) is 5.10 Å². The van der Waals surface area contributed by atoms with Crippen LogP contribution in [0.5, 0.6) is 0 Å². The molecule has 0 aliphatic heterocycles. The van der Waals surface area contributed by atoms with Crippen LogP contribution in [0.25, 0.3) is 28.1 Å². The number of benzene rings is 2. The highest BCUT2D eigenvalue weighted by Crippen LogP contribution is 2.41. The molecule has 0 fully saturated rings. The Morgan fingerprint density at radius 1 is 1.23 bits per heavy atom. The number of anilines is 1. The summed E-state index contributed by atoms with van der Waals surface area (Å²) in [6.07, 6.45) is 3.35. The number of carboxylic acid groups (broad SMARTS) is 1. The van der Waals surface area contributed by atoms with Gasteiger partial charge in [0.05, 0.1) is 17.6 Å². The van der Waals surface area contributed by atoms with Gasteiger partial charge in [-0.05, 0) is 65.7 Å². The Labute approximate surface area is 223 Å². The zero-order valence-electron chi connectivity index (χ0n) is 19.8. The predicted molar refractivity (Wildman–Crippen MR) is 136 cm³/mol. The van der Waals surface area contributed by atoms with E-state index in [0.29, 0.717) is 38.6 Å². The van der Waals surface area contributed by atoms with Gasteiger partial charge in [-0.3, -0.25) is 5.32 Å². The first-order valence-corrected chi connectivity index (χ1v) is 12.0. The first-order valence-electron chi connectivity index (χ1n) is 11.6. The van der Waals surface area contributed by atoms with Crippen molar-refractivity contribution in [3.05, 3.63) is 94.3 Å². The molecule has 0 saturated heterocycles. The maximum Gasteiger partial charge on any atom is 0.409 e. The second-order valence-corrected chi connectivity index (χ2v) is 9.41. The number of amides is 1. The molecule has 1 aliphatic carbocycles. The number of H-pyrrole nitrogens is 1. The molecule has 3 heterocycles. The van der Waals surface area contributed by atoms with Crippen molar-refractivity contribution in [2.45, 2.75) is 18.4 Å². The van der Waals surface area contributed by atoms with Crippen molar-refractivity contribution in [1.29, 1.82) is 0 Å². The fourth-order valence-electron chi connectivity index (χ4n) is 4.89. The van der Waals surface area contributed by atoms with Gasteiger partial charge in [0.25, 0.3) is 0 Å². The summed E-state index contributed by atoms with van der Waals surface area (Å²) in [6, 6.07) is 10.8. The van der Waals surface area contributed by atoms with Gasteiger partial charge in [0.2, 0.25) is 11.3 Å².